The number of fused-ring (bicyclic) bond motifs is 1. The zero-order chi connectivity index (χ0) is 16.5. The molecule has 0 heterocycles. The van der Waals surface area contributed by atoms with Crippen LogP contribution in [0, 0.1) is 17.3 Å². The average molecular weight is 369 g/mol. The highest BCUT2D eigenvalue weighted by atomic mass is 79.9. The minimum absolute atomic E-state index is 0.239. The number of hydrogen-bond donors (Lipinski definition) is 1. The lowest BCUT2D eigenvalue weighted by molar-refractivity contribution is -0.0866. The second kappa shape index (κ2) is 6.81. The lowest BCUT2D eigenvalue weighted by Crippen LogP contribution is -2.52. The number of rotatable bonds is 4. The van der Waals surface area contributed by atoms with Gasteiger partial charge in [-0.2, -0.15) is 0 Å². The third-order valence-corrected chi connectivity index (χ3v) is 7.54. The van der Waals surface area contributed by atoms with Gasteiger partial charge in [-0.1, -0.05) is 46.2 Å². The van der Waals surface area contributed by atoms with Crippen LogP contribution in [0.5, 0.6) is 0 Å². The van der Waals surface area contributed by atoms with Gasteiger partial charge >= 0.3 is 0 Å². The smallest absolute Gasteiger partial charge is 0.0659 e. The summed E-state index contributed by atoms with van der Waals surface area (Å²) in [6.45, 7) is 11.0. The molecular weight excluding hydrogens is 336 g/mol. The highest BCUT2D eigenvalue weighted by Gasteiger charge is 2.57. The van der Waals surface area contributed by atoms with Crippen LogP contribution in [0.25, 0.3) is 0 Å². The van der Waals surface area contributed by atoms with Crippen LogP contribution in [0.1, 0.15) is 73.1 Å². The van der Waals surface area contributed by atoms with E-state index < -0.39 is 5.60 Å². The van der Waals surface area contributed by atoms with E-state index in [0.717, 1.165) is 25.7 Å². The average Bonchev–Trinajstić information content (AvgIpc) is 2.74. The van der Waals surface area contributed by atoms with Crippen LogP contribution in [0.3, 0.4) is 0 Å². The fourth-order valence-electron chi connectivity index (χ4n) is 4.93. The highest BCUT2D eigenvalue weighted by Crippen LogP contribution is 2.60. The molecule has 22 heavy (non-hydrogen) atoms. The lowest BCUT2D eigenvalue weighted by Gasteiger charge is -2.50. The van der Waals surface area contributed by atoms with Crippen molar-refractivity contribution >= 4 is 15.9 Å². The standard InChI is InChI=1S/C20H33BrO/c1-14(2)7-6-8-15(3)13-16-9-11-19(4)17(21)10-12-20(5,22)18(16)19/h7,13,16-18,22H,6,8-12H2,1-5H3. The SMILES string of the molecule is CC(C)=CCCC(C)=CC1CCC2(C)C(Br)CCC(C)(O)C12. The summed E-state index contributed by atoms with van der Waals surface area (Å²) in [5.74, 6) is 0.920. The van der Waals surface area contributed by atoms with E-state index in [9.17, 15) is 5.11 Å². The Bertz CT molecular complexity index is 458. The van der Waals surface area contributed by atoms with Gasteiger partial charge in [0.05, 0.1) is 5.60 Å². The monoisotopic (exact) mass is 368 g/mol. The van der Waals surface area contributed by atoms with Crippen molar-refractivity contribution in [3.8, 4) is 0 Å². The second-order valence-electron chi connectivity index (χ2n) is 8.38. The van der Waals surface area contributed by atoms with Crippen molar-refractivity contribution < 1.29 is 5.11 Å². The maximum atomic E-state index is 11.0. The quantitative estimate of drug-likeness (QED) is 0.475. The first-order chi connectivity index (χ1) is 10.2. The molecule has 2 aliphatic carbocycles. The molecule has 1 nitrogen and oxygen atoms in total. The summed E-state index contributed by atoms with van der Waals surface area (Å²) in [5.41, 5.74) is 2.61. The van der Waals surface area contributed by atoms with Gasteiger partial charge < -0.3 is 5.11 Å². The molecule has 0 aromatic carbocycles. The Morgan fingerprint density at radius 2 is 1.86 bits per heavy atom. The molecule has 1 N–H and O–H groups in total. The van der Waals surface area contributed by atoms with Crippen molar-refractivity contribution in [1.82, 2.24) is 0 Å². The highest BCUT2D eigenvalue weighted by molar-refractivity contribution is 9.09. The van der Waals surface area contributed by atoms with E-state index in [-0.39, 0.29) is 5.41 Å². The van der Waals surface area contributed by atoms with Gasteiger partial charge in [0.15, 0.2) is 0 Å². The van der Waals surface area contributed by atoms with Gasteiger partial charge in [-0.25, -0.2) is 0 Å². The maximum Gasteiger partial charge on any atom is 0.0659 e. The summed E-state index contributed by atoms with van der Waals surface area (Å²) in [7, 11) is 0. The third-order valence-electron chi connectivity index (χ3n) is 6.03. The van der Waals surface area contributed by atoms with E-state index in [4.69, 9.17) is 0 Å². The number of alkyl halides is 1. The molecule has 0 aliphatic heterocycles. The summed E-state index contributed by atoms with van der Waals surface area (Å²) < 4.78 is 0. The van der Waals surface area contributed by atoms with Crippen LogP contribution >= 0.6 is 15.9 Å². The Hall–Kier alpha value is -0.0800. The molecule has 2 fully saturated rings. The van der Waals surface area contributed by atoms with Crippen molar-refractivity contribution in [2.45, 2.75) is 83.6 Å². The summed E-state index contributed by atoms with van der Waals surface area (Å²) >= 11 is 3.92. The largest absolute Gasteiger partial charge is 0.390 e. The lowest BCUT2D eigenvalue weighted by atomic mass is 9.60. The van der Waals surface area contributed by atoms with E-state index in [0.29, 0.717) is 16.7 Å². The van der Waals surface area contributed by atoms with Gasteiger partial charge in [-0.3, -0.25) is 0 Å². The van der Waals surface area contributed by atoms with Crippen molar-refractivity contribution in [2.75, 3.05) is 0 Å². The van der Waals surface area contributed by atoms with E-state index in [1.807, 2.05) is 0 Å². The minimum atomic E-state index is -0.517. The summed E-state index contributed by atoms with van der Waals surface area (Å²) in [6.07, 6.45) is 11.5. The Labute approximate surface area is 145 Å². The number of halogens is 1. The molecule has 0 spiro atoms. The Morgan fingerprint density at radius 3 is 2.50 bits per heavy atom. The van der Waals surface area contributed by atoms with Crippen LogP contribution in [0.2, 0.25) is 0 Å². The molecule has 2 saturated carbocycles. The topological polar surface area (TPSA) is 20.2 Å². The molecule has 5 atom stereocenters. The number of aliphatic hydroxyl groups is 1. The van der Waals surface area contributed by atoms with E-state index in [2.05, 4.69) is 62.7 Å². The van der Waals surface area contributed by atoms with E-state index in [1.165, 1.54) is 24.0 Å². The van der Waals surface area contributed by atoms with Gasteiger partial charge in [0, 0.05) is 10.7 Å². The molecule has 126 valence electrons. The van der Waals surface area contributed by atoms with Crippen LogP contribution < -0.4 is 0 Å². The first-order valence-corrected chi connectivity index (χ1v) is 9.75. The third kappa shape index (κ3) is 3.70. The van der Waals surface area contributed by atoms with Gasteiger partial charge in [-0.05, 0) is 77.6 Å². The fourth-order valence-corrected chi connectivity index (χ4v) is 5.68. The van der Waals surface area contributed by atoms with Crippen molar-refractivity contribution in [2.24, 2.45) is 17.3 Å². The van der Waals surface area contributed by atoms with Crippen LogP contribution in [0.15, 0.2) is 23.3 Å². The maximum absolute atomic E-state index is 11.0. The molecule has 2 aliphatic rings. The number of allylic oxidation sites excluding steroid dienone is 4. The normalized spacial score (nSPS) is 42.1. The fraction of sp³-hybridized carbons (Fsp3) is 0.800. The molecular formula is C20H33BrO. The van der Waals surface area contributed by atoms with Gasteiger partial charge in [-0.15, -0.1) is 0 Å². The minimum Gasteiger partial charge on any atom is -0.390 e. The molecule has 5 unspecified atom stereocenters. The number of hydrogen-bond acceptors (Lipinski definition) is 1. The first kappa shape index (κ1) is 18.3. The van der Waals surface area contributed by atoms with Crippen LogP contribution in [-0.4, -0.2) is 15.5 Å². The summed E-state index contributed by atoms with van der Waals surface area (Å²) in [5, 5.41) is 11.0. The van der Waals surface area contributed by atoms with Gasteiger partial charge in [0.25, 0.3) is 0 Å². The zero-order valence-electron chi connectivity index (χ0n) is 15.0. The Balaban J connectivity index is 2.13. The molecule has 0 amide bonds. The molecule has 0 radical (unpaired) electrons. The molecule has 0 bridgehead atoms. The zero-order valence-corrected chi connectivity index (χ0v) is 16.5. The Morgan fingerprint density at radius 1 is 1.18 bits per heavy atom. The van der Waals surface area contributed by atoms with Crippen molar-refractivity contribution in [3.63, 3.8) is 0 Å². The summed E-state index contributed by atoms with van der Waals surface area (Å²) in [6, 6.07) is 0. The predicted octanol–water partition coefficient (Wildman–Crippen LogP) is 6.02. The Kier molecular flexibility index (Phi) is 5.65. The summed E-state index contributed by atoms with van der Waals surface area (Å²) in [4.78, 5) is 0.551. The van der Waals surface area contributed by atoms with Crippen molar-refractivity contribution in [3.05, 3.63) is 23.3 Å². The molecule has 0 aromatic heterocycles. The molecule has 0 saturated heterocycles. The van der Waals surface area contributed by atoms with Crippen LogP contribution in [-0.2, 0) is 0 Å². The van der Waals surface area contributed by atoms with Crippen molar-refractivity contribution in [1.29, 1.82) is 0 Å². The predicted molar refractivity (Wildman–Crippen MR) is 99.3 cm³/mol. The molecule has 0 aromatic rings. The first-order valence-electron chi connectivity index (χ1n) is 8.84. The van der Waals surface area contributed by atoms with Crippen LogP contribution in [0.4, 0.5) is 0 Å². The van der Waals surface area contributed by atoms with E-state index >= 15 is 0 Å². The molecule has 2 rings (SSSR count). The van der Waals surface area contributed by atoms with E-state index in [1.54, 1.807) is 0 Å². The van der Waals surface area contributed by atoms with Gasteiger partial charge in [0.2, 0.25) is 0 Å². The molecule has 2 heteroatoms. The van der Waals surface area contributed by atoms with Gasteiger partial charge in [0.1, 0.15) is 0 Å². The second-order valence-corrected chi connectivity index (χ2v) is 9.49.